The minimum absolute atomic E-state index is 0.00887. The number of benzene rings is 1. The molecule has 16 heavy (non-hydrogen) atoms. The van der Waals surface area contributed by atoms with Gasteiger partial charge in [0.15, 0.2) is 0 Å². The number of hydrogen-bond donors (Lipinski definition) is 0. The molecule has 1 rings (SSSR count). The molecule has 0 saturated carbocycles. The number of rotatable bonds is 2. The molecule has 0 saturated heterocycles. The van der Waals surface area contributed by atoms with Gasteiger partial charge in [-0.3, -0.25) is 4.79 Å². The van der Waals surface area contributed by atoms with Crippen molar-refractivity contribution in [1.82, 2.24) is 0 Å². The zero-order valence-corrected chi connectivity index (χ0v) is 9.30. The van der Waals surface area contributed by atoms with E-state index in [1.807, 2.05) is 0 Å². The van der Waals surface area contributed by atoms with Gasteiger partial charge in [-0.05, 0) is 24.8 Å². The van der Waals surface area contributed by atoms with E-state index in [1.54, 1.807) is 0 Å². The molecule has 0 bridgehead atoms. The number of carbonyl (C=O) groups is 1. The summed E-state index contributed by atoms with van der Waals surface area (Å²) in [5.41, 5.74) is -0.870. The monoisotopic (exact) mass is 252 g/mol. The average Bonchev–Trinajstić information content (AvgIpc) is 2.19. The molecule has 0 aliphatic heterocycles. The molecule has 0 amide bonds. The van der Waals surface area contributed by atoms with Crippen molar-refractivity contribution in [3.63, 3.8) is 0 Å². The highest BCUT2D eigenvalue weighted by Crippen LogP contribution is 2.31. The maximum Gasteiger partial charge on any atom is 0.455 e. The second-order valence-electron chi connectivity index (χ2n) is 3.10. The van der Waals surface area contributed by atoms with Crippen molar-refractivity contribution in [2.24, 2.45) is 0 Å². The van der Waals surface area contributed by atoms with Gasteiger partial charge in [-0.15, -0.1) is 11.8 Å². The molecule has 0 atom stereocenters. The van der Waals surface area contributed by atoms with Crippen LogP contribution in [0.5, 0.6) is 0 Å². The summed E-state index contributed by atoms with van der Waals surface area (Å²) < 4.78 is 50.2. The van der Waals surface area contributed by atoms with E-state index in [0.717, 1.165) is 11.8 Å². The summed E-state index contributed by atoms with van der Waals surface area (Å²) in [5, 5.41) is 0. The van der Waals surface area contributed by atoms with Gasteiger partial charge >= 0.3 is 6.18 Å². The molecular weight excluding hydrogens is 244 g/mol. The normalized spacial score (nSPS) is 11.6. The van der Waals surface area contributed by atoms with E-state index < -0.39 is 23.3 Å². The summed E-state index contributed by atoms with van der Waals surface area (Å²) in [7, 11) is 0. The third-order valence-electron chi connectivity index (χ3n) is 2.00. The lowest BCUT2D eigenvalue weighted by molar-refractivity contribution is -0.0889. The Morgan fingerprint density at radius 1 is 1.31 bits per heavy atom. The maximum atomic E-state index is 13.5. The van der Waals surface area contributed by atoms with E-state index in [2.05, 4.69) is 0 Å². The zero-order chi connectivity index (χ0) is 12.5. The summed E-state index contributed by atoms with van der Waals surface area (Å²) in [6.07, 6.45) is -3.57. The van der Waals surface area contributed by atoms with Gasteiger partial charge in [-0.2, -0.15) is 13.2 Å². The van der Waals surface area contributed by atoms with Crippen LogP contribution in [0.25, 0.3) is 0 Å². The minimum Gasteiger partial charge on any atom is -0.284 e. The quantitative estimate of drug-likeness (QED) is 0.454. The van der Waals surface area contributed by atoms with Gasteiger partial charge in [0.1, 0.15) is 5.82 Å². The molecule has 1 aromatic rings. The summed E-state index contributed by atoms with van der Waals surface area (Å²) >= 11 is 0.902. The van der Waals surface area contributed by atoms with Crippen LogP contribution in [0.2, 0.25) is 0 Å². The second kappa shape index (κ2) is 4.45. The van der Waals surface area contributed by atoms with Gasteiger partial charge in [-0.25, -0.2) is 4.39 Å². The Hall–Kier alpha value is -1.04. The standard InChI is InChI=1S/C10H8F4OS/c1-5-3-4-6(16-2)7(8(5)11)9(15)10(12,13)14/h3-4H,1-2H3. The van der Waals surface area contributed by atoms with E-state index in [4.69, 9.17) is 0 Å². The first-order valence-corrected chi connectivity index (χ1v) is 5.46. The van der Waals surface area contributed by atoms with Crippen molar-refractivity contribution < 1.29 is 22.4 Å². The average molecular weight is 252 g/mol. The Morgan fingerprint density at radius 2 is 1.88 bits per heavy atom. The molecule has 0 heterocycles. The van der Waals surface area contributed by atoms with Crippen molar-refractivity contribution in [3.8, 4) is 0 Å². The number of ketones is 1. The second-order valence-corrected chi connectivity index (χ2v) is 3.95. The van der Waals surface area contributed by atoms with E-state index >= 15 is 0 Å². The molecule has 0 radical (unpaired) electrons. The fraction of sp³-hybridized carbons (Fsp3) is 0.300. The van der Waals surface area contributed by atoms with Gasteiger partial charge < -0.3 is 0 Å². The van der Waals surface area contributed by atoms with Gasteiger partial charge in [-0.1, -0.05) is 6.07 Å². The number of halogens is 4. The Kier molecular flexibility index (Phi) is 3.62. The van der Waals surface area contributed by atoms with Crippen LogP contribution in [0, 0.1) is 12.7 Å². The summed E-state index contributed by atoms with van der Waals surface area (Å²) in [4.78, 5) is 11.0. The molecule has 0 aromatic heterocycles. The van der Waals surface area contributed by atoms with Crippen molar-refractivity contribution in [2.45, 2.75) is 18.0 Å². The van der Waals surface area contributed by atoms with Gasteiger partial charge in [0, 0.05) is 4.90 Å². The molecule has 0 unspecified atom stereocenters. The third kappa shape index (κ3) is 2.37. The van der Waals surface area contributed by atoms with Crippen LogP contribution in [0.1, 0.15) is 15.9 Å². The van der Waals surface area contributed by atoms with Gasteiger partial charge in [0.25, 0.3) is 5.78 Å². The topological polar surface area (TPSA) is 17.1 Å². The van der Waals surface area contributed by atoms with Crippen LogP contribution < -0.4 is 0 Å². The first kappa shape index (κ1) is 13.0. The van der Waals surface area contributed by atoms with E-state index in [-0.39, 0.29) is 10.5 Å². The lowest BCUT2D eigenvalue weighted by atomic mass is 10.1. The van der Waals surface area contributed by atoms with Crippen molar-refractivity contribution >= 4 is 17.5 Å². The highest BCUT2D eigenvalue weighted by atomic mass is 32.2. The smallest absolute Gasteiger partial charge is 0.284 e. The van der Waals surface area contributed by atoms with Crippen LogP contribution >= 0.6 is 11.8 Å². The van der Waals surface area contributed by atoms with Crippen molar-refractivity contribution in [2.75, 3.05) is 6.26 Å². The summed E-state index contributed by atoms with van der Waals surface area (Å²) in [6.45, 7) is 1.31. The largest absolute Gasteiger partial charge is 0.455 e. The molecule has 0 fully saturated rings. The molecule has 0 aliphatic carbocycles. The van der Waals surface area contributed by atoms with E-state index in [1.165, 1.54) is 25.3 Å². The number of Topliss-reactive ketones (excluding diaryl/α,β-unsaturated/α-hetero) is 1. The number of thioether (sulfide) groups is 1. The molecule has 1 aromatic carbocycles. The first-order chi connectivity index (χ1) is 7.29. The van der Waals surface area contributed by atoms with E-state index in [9.17, 15) is 22.4 Å². The van der Waals surface area contributed by atoms with Gasteiger partial charge in [0.05, 0.1) is 5.56 Å². The van der Waals surface area contributed by atoms with Crippen molar-refractivity contribution in [3.05, 3.63) is 29.1 Å². The maximum absolute atomic E-state index is 13.5. The van der Waals surface area contributed by atoms with Gasteiger partial charge in [0.2, 0.25) is 0 Å². The lowest BCUT2D eigenvalue weighted by Gasteiger charge is -2.11. The molecule has 0 spiro atoms. The Labute approximate surface area is 93.8 Å². The summed E-state index contributed by atoms with van der Waals surface area (Å²) in [6, 6.07) is 2.65. The number of hydrogen-bond acceptors (Lipinski definition) is 2. The molecule has 0 aliphatic rings. The van der Waals surface area contributed by atoms with E-state index in [0.29, 0.717) is 0 Å². The van der Waals surface area contributed by atoms with Crippen LogP contribution in [-0.4, -0.2) is 18.2 Å². The Morgan fingerprint density at radius 3 is 2.31 bits per heavy atom. The fourth-order valence-corrected chi connectivity index (χ4v) is 1.78. The number of aryl methyl sites for hydroxylation is 1. The lowest BCUT2D eigenvalue weighted by Crippen LogP contribution is -2.24. The minimum atomic E-state index is -5.06. The molecule has 88 valence electrons. The Bertz CT molecular complexity index is 426. The molecule has 6 heteroatoms. The molecule has 1 nitrogen and oxygen atoms in total. The van der Waals surface area contributed by atoms with Crippen LogP contribution in [0.4, 0.5) is 17.6 Å². The Balaban J connectivity index is 3.42. The highest BCUT2D eigenvalue weighted by Gasteiger charge is 2.42. The van der Waals surface area contributed by atoms with Crippen LogP contribution in [-0.2, 0) is 0 Å². The van der Waals surface area contributed by atoms with Crippen LogP contribution in [0.15, 0.2) is 17.0 Å². The SMILES string of the molecule is CSc1ccc(C)c(F)c1C(=O)C(F)(F)F. The fourth-order valence-electron chi connectivity index (χ4n) is 1.19. The molecule has 0 N–H and O–H groups in total. The third-order valence-corrected chi connectivity index (χ3v) is 2.78. The predicted molar refractivity (Wildman–Crippen MR) is 53.3 cm³/mol. The zero-order valence-electron chi connectivity index (χ0n) is 8.48. The summed E-state index contributed by atoms with van der Waals surface area (Å²) in [5.74, 6) is -3.24. The highest BCUT2D eigenvalue weighted by molar-refractivity contribution is 7.98. The predicted octanol–water partition coefficient (Wildman–Crippen LogP) is 3.60. The first-order valence-electron chi connectivity index (χ1n) is 4.23. The van der Waals surface area contributed by atoms with Crippen molar-refractivity contribution in [1.29, 1.82) is 0 Å². The number of alkyl halides is 3. The molecular formula is C10H8F4OS. The van der Waals surface area contributed by atoms with Crippen LogP contribution in [0.3, 0.4) is 0 Å². The number of carbonyl (C=O) groups excluding carboxylic acids is 1.